The molecule has 2 aromatic rings. The summed E-state index contributed by atoms with van der Waals surface area (Å²) in [4.78, 5) is 15.0. The van der Waals surface area contributed by atoms with Crippen molar-refractivity contribution in [3.8, 4) is 5.75 Å². The first-order valence-corrected chi connectivity index (χ1v) is 8.75. The fraction of sp³-hybridized carbons (Fsp3) is 0.474. The molecule has 1 aliphatic rings. The van der Waals surface area contributed by atoms with Crippen molar-refractivity contribution in [3.63, 3.8) is 0 Å². The number of carbonyl (C=O) groups is 1. The first-order valence-electron chi connectivity index (χ1n) is 8.75. The van der Waals surface area contributed by atoms with E-state index < -0.39 is 0 Å². The van der Waals surface area contributed by atoms with Gasteiger partial charge in [-0.25, -0.2) is 0 Å². The van der Waals surface area contributed by atoms with Gasteiger partial charge in [0.25, 0.3) is 5.91 Å². The van der Waals surface area contributed by atoms with Crippen LogP contribution in [-0.4, -0.2) is 27.3 Å². The van der Waals surface area contributed by atoms with Gasteiger partial charge in [-0.15, -0.1) is 0 Å². The van der Waals surface area contributed by atoms with E-state index in [0.717, 1.165) is 36.9 Å². The minimum Gasteiger partial charge on any atom is -0.506 e. The maximum Gasteiger partial charge on any atom is 0.276 e. The van der Waals surface area contributed by atoms with Gasteiger partial charge in [0.1, 0.15) is 11.4 Å². The lowest BCUT2D eigenvalue weighted by Gasteiger charge is -2.30. The van der Waals surface area contributed by atoms with Gasteiger partial charge in [-0.3, -0.25) is 9.48 Å². The molecule has 5 heteroatoms. The number of carbonyl (C=O) groups excluding carboxylic acids is 1. The van der Waals surface area contributed by atoms with Crippen LogP contribution in [-0.2, 0) is 6.42 Å². The molecule has 0 saturated carbocycles. The minimum absolute atomic E-state index is 0.0787. The number of rotatable bonds is 4. The third kappa shape index (κ3) is 2.79. The smallest absolute Gasteiger partial charge is 0.276 e. The first kappa shape index (κ1) is 16.6. The topological polar surface area (TPSA) is 58.4 Å². The van der Waals surface area contributed by atoms with Crippen LogP contribution in [0.2, 0.25) is 0 Å². The number of benzene rings is 1. The van der Waals surface area contributed by atoms with Crippen LogP contribution >= 0.6 is 0 Å². The summed E-state index contributed by atoms with van der Waals surface area (Å²) in [5.74, 6) is 0.0934. The summed E-state index contributed by atoms with van der Waals surface area (Å²) in [7, 11) is 0. The van der Waals surface area contributed by atoms with Gasteiger partial charge >= 0.3 is 0 Å². The molecule has 0 atom stereocenters. The minimum atomic E-state index is -0.0787. The molecule has 1 aromatic carbocycles. The molecular weight excluding hydrogens is 302 g/mol. The second kappa shape index (κ2) is 6.67. The third-order valence-electron chi connectivity index (χ3n) is 4.81. The molecule has 0 bridgehead atoms. The van der Waals surface area contributed by atoms with Crippen LogP contribution in [0.1, 0.15) is 60.9 Å². The maximum absolute atomic E-state index is 13.2. The number of phenols is 1. The van der Waals surface area contributed by atoms with Crippen LogP contribution in [0.5, 0.6) is 5.75 Å². The van der Waals surface area contributed by atoms with Crippen molar-refractivity contribution < 1.29 is 9.90 Å². The molecule has 0 fully saturated rings. The highest BCUT2D eigenvalue weighted by Gasteiger charge is 2.29. The van der Waals surface area contributed by atoms with Crippen molar-refractivity contribution in [2.24, 2.45) is 0 Å². The maximum atomic E-state index is 13.2. The Balaban J connectivity index is 2.03. The average Bonchev–Trinajstić information content (AvgIpc) is 2.97. The summed E-state index contributed by atoms with van der Waals surface area (Å²) in [6.45, 7) is 6.76. The van der Waals surface area contributed by atoms with E-state index in [0.29, 0.717) is 17.9 Å². The Kier molecular flexibility index (Phi) is 4.60. The van der Waals surface area contributed by atoms with Crippen LogP contribution in [0.15, 0.2) is 24.3 Å². The van der Waals surface area contributed by atoms with E-state index in [1.807, 2.05) is 29.8 Å². The van der Waals surface area contributed by atoms with Crippen molar-refractivity contribution in [1.82, 2.24) is 9.78 Å². The molecule has 0 aliphatic carbocycles. The van der Waals surface area contributed by atoms with E-state index >= 15 is 0 Å². The number of para-hydroxylation sites is 1. The Morgan fingerprint density at radius 1 is 1.33 bits per heavy atom. The summed E-state index contributed by atoms with van der Waals surface area (Å²) >= 11 is 0. The van der Waals surface area contributed by atoms with E-state index in [4.69, 9.17) is 0 Å². The van der Waals surface area contributed by atoms with Crippen molar-refractivity contribution in [3.05, 3.63) is 41.2 Å². The molecule has 0 unspecified atom stereocenters. The number of fused-ring (bicyclic) bond motifs is 1. The van der Waals surface area contributed by atoms with Crippen molar-refractivity contribution in [2.75, 3.05) is 11.4 Å². The van der Waals surface area contributed by atoms with E-state index in [1.54, 1.807) is 11.0 Å². The highest BCUT2D eigenvalue weighted by molar-refractivity contribution is 6.06. The number of aromatic hydroxyl groups is 1. The van der Waals surface area contributed by atoms with Crippen LogP contribution in [0.25, 0.3) is 0 Å². The molecule has 1 aromatic heterocycles. The third-order valence-corrected chi connectivity index (χ3v) is 4.81. The van der Waals surface area contributed by atoms with Gasteiger partial charge in [0, 0.05) is 6.54 Å². The molecule has 2 heterocycles. The number of amides is 1. The first-order chi connectivity index (χ1) is 11.6. The zero-order valence-electron chi connectivity index (χ0n) is 14.6. The predicted molar refractivity (Wildman–Crippen MR) is 94.7 cm³/mol. The largest absolute Gasteiger partial charge is 0.506 e. The summed E-state index contributed by atoms with van der Waals surface area (Å²) in [5, 5.41) is 14.8. The Morgan fingerprint density at radius 3 is 2.79 bits per heavy atom. The van der Waals surface area contributed by atoms with Gasteiger partial charge in [0.2, 0.25) is 0 Å². The quantitative estimate of drug-likeness (QED) is 0.928. The number of nitrogens with zero attached hydrogens (tertiary/aromatic N) is 3. The molecule has 0 spiro atoms. The zero-order chi connectivity index (χ0) is 17.3. The molecule has 0 saturated heterocycles. The molecular formula is C19H25N3O2. The zero-order valence-corrected chi connectivity index (χ0v) is 14.6. The summed E-state index contributed by atoms with van der Waals surface area (Å²) in [5.41, 5.74) is 3.14. The number of aromatic nitrogens is 2. The number of aryl methyl sites for hydroxylation is 2. The SMILES string of the molecule is CCC(CC)n1nc(C)cc1C(=O)N1CCCc2cccc(O)c21. The summed E-state index contributed by atoms with van der Waals surface area (Å²) < 4.78 is 1.87. The van der Waals surface area contributed by atoms with Gasteiger partial charge in [-0.1, -0.05) is 26.0 Å². The van der Waals surface area contributed by atoms with Crippen LogP contribution < -0.4 is 4.90 Å². The van der Waals surface area contributed by atoms with Gasteiger partial charge < -0.3 is 10.0 Å². The van der Waals surface area contributed by atoms with Crippen molar-refractivity contribution in [2.45, 2.75) is 52.5 Å². The molecule has 24 heavy (non-hydrogen) atoms. The lowest BCUT2D eigenvalue weighted by Crippen LogP contribution is -2.37. The van der Waals surface area contributed by atoms with Gasteiger partial charge in [0.05, 0.1) is 17.4 Å². The lowest BCUT2D eigenvalue weighted by molar-refractivity contribution is 0.0970. The molecule has 1 N–H and O–H groups in total. The standard InChI is InChI=1S/C19H25N3O2/c1-4-15(5-2)22-16(12-13(3)20-22)19(24)21-11-7-9-14-8-6-10-17(23)18(14)21/h6,8,10,12,15,23H,4-5,7,9,11H2,1-3H3. The molecule has 3 rings (SSSR count). The summed E-state index contributed by atoms with van der Waals surface area (Å²) in [6, 6.07) is 7.54. The number of hydrogen-bond acceptors (Lipinski definition) is 3. The van der Waals surface area contributed by atoms with E-state index in [9.17, 15) is 9.90 Å². The normalized spacial score (nSPS) is 14.1. The Bertz CT molecular complexity index is 747. The molecule has 1 amide bonds. The van der Waals surface area contributed by atoms with E-state index in [1.165, 1.54) is 0 Å². The van der Waals surface area contributed by atoms with Crippen molar-refractivity contribution >= 4 is 11.6 Å². The fourth-order valence-corrected chi connectivity index (χ4v) is 3.56. The molecule has 5 nitrogen and oxygen atoms in total. The number of phenolic OH excluding ortho intramolecular Hbond substituents is 1. The van der Waals surface area contributed by atoms with Gasteiger partial charge in [0.15, 0.2) is 0 Å². The highest BCUT2D eigenvalue weighted by Crippen LogP contribution is 2.36. The van der Waals surface area contributed by atoms with E-state index in [2.05, 4.69) is 18.9 Å². The van der Waals surface area contributed by atoms with Crippen molar-refractivity contribution in [1.29, 1.82) is 0 Å². The lowest BCUT2D eigenvalue weighted by atomic mass is 10.0. The van der Waals surface area contributed by atoms with E-state index in [-0.39, 0.29) is 17.7 Å². The van der Waals surface area contributed by atoms with Gasteiger partial charge in [-0.05, 0) is 50.3 Å². The average molecular weight is 327 g/mol. The monoisotopic (exact) mass is 327 g/mol. The Hall–Kier alpha value is -2.30. The van der Waals surface area contributed by atoms with Crippen LogP contribution in [0.3, 0.4) is 0 Å². The second-order valence-corrected chi connectivity index (χ2v) is 6.43. The fourth-order valence-electron chi connectivity index (χ4n) is 3.56. The molecule has 0 radical (unpaired) electrons. The number of anilines is 1. The molecule has 128 valence electrons. The second-order valence-electron chi connectivity index (χ2n) is 6.43. The van der Waals surface area contributed by atoms with Crippen LogP contribution in [0.4, 0.5) is 5.69 Å². The van der Waals surface area contributed by atoms with Gasteiger partial charge in [-0.2, -0.15) is 5.10 Å². The molecule has 1 aliphatic heterocycles. The summed E-state index contributed by atoms with van der Waals surface area (Å²) in [6.07, 6.45) is 3.65. The highest BCUT2D eigenvalue weighted by atomic mass is 16.3. The Labute approximate surface area is 142 Å². The predicted octanol–water partition coefficient (Wildman–Crippen LogP) is 3.85. The van der Waals surface area contributed by atoms with Crippen LogP contribution in [0, 0.1) is 6.92 Å². The Morgan fingerprint density at radius 2 is 2.08 bits per heavy atom. The number of hydrogen-bond donors (Lipinski definition) is 1.